The van der Waals surface area contributed by atoms with Crippen molar-refractivity contribution in [1.82, 2.24) is 5.32 Å². The van der Waals surface area contributed by atoms with E-state index in [2.05, 4.69) is 4.74 Å². The number of benzene rings is 1. The van der Waals surface area contributed by atoms with E-state index in [0.29, 0.717) is 0 Å². The van der Waals surface area contributed by atoms with Crippen LogP contribution < -0.4 is 5.32 Å². The number of hydrogen-bond donors (Lipinski definition) is 1. The molecule has 1 aliphatic heterocycles. The van der Waals surface area contributed by atoms with Gasteiger partial charge in [0, 0.05) is 4.90 Å². The van der Waals surface area contributed by atoms with Crippen LogP contribution in [0.5, 0.6) is 0 Å². The molecule has 1 heterocycles. The van der Waals surface area contributed by atoms with Gasteiger partial charge in [-0.3, -0.25) is 4.79 Å². The molecule has 0 saturated carbocycles. The van der Waals surface area contributed by atoms with Gasteiger partial charge in [0.05, 0.1) is 12.7 Å². The van der Waals surface area contributed by atoms with E-state index in [4.69, 9.17) is 0 Å². The van der Waals surface area contributed by atoms with Gasteiger partial charge in [-0.25, -0.2) is 4.79 Å². The third-order valence-electron chi connectivity index (χ3n) is 2.56. The van der Waals surface area contributed by atoms with Crippen LogP contribution in [0, 0.1) is 0 Å². The second kappa shape index (κ2) is 4.44. The SMILES string of the molecule is COC(=O)C1(C(F)(F)F)NC(=O)c2ccccc2S1. The van der Waals surface area contributed by atoms with Crippen molar-refractivity contribution >= 4 is 23.6 Å². The Kier molecular flexibility index (Phi) is 3.21. The Hall–Kier alpha value is -1.70. The first-order chi connectivity index (χ1) is 8.82. The molecule has 0 spiro atoms. The zero-order valence-electron chi connectivity index (χ0n) is 9.58. The van der Waals surface area contributed by atoms with Crippen molar-refractivity contribution in [2.24, 2.45) is 0 Å². The van der Waals surface area contributed by atoms with E-state index in [1.807, 2.05) is 0 Å². The molecule has 2 rings (SSSR count). The van der Waals surface area contributed by atoms with Crippen molar-refractivity contribution in [2.45, 2.75) is 15.9 Å². The number of halogens is 3. The second-order valence-corrected chi connectivity index (χ2v) is 4.98. The highest BCUT2D eigenvalue weighted by molar-refractivity contribution is 8.01. The summed E-state index contributed by atoms with van der Waals surface area (Å²) >= 11 is 0.216. The molecule has 1 N–H and O–H groups in total. The lowest BCUT2D eigenvalue weighted by Crippen LogP contribution is -2.63. The van der Waals surface area contributed by atoms with Gasteiger partial charge in [-0.15, -0.1) is 0 Å². The van der Waals surface area contributed by atoms with Crippen LogP contribution in [-0.4, -0.2) is 30.0 Å². The van der Waals surface area contributed by atoms with E-state index in [9.17, 15) is 22.8 Å². The fourth-order valence-corrected chi connectivity index (χ4v) is 2.82. The molecule has 4 nitrogen and oxygen atoms in total. The first kappa shape index (κ1) is 13.7. The van der Waals surface area contributed by atoms with Crippen LogP contribution in [0.4, 0.5) is 13.2 Å². The van der Waals surface area contributed by atoms with Gasteiger partial charge in [0.1, 0.15) is 0 Å². The zero-order valence-corrected chi connectivity index (χ0v) is 10.4. The van der Waals surface area contributed by atoms with Crippen LogP contribution in [-0.2, 0) is 9.53 Å². The Bertz CT molecular complexity index is 546. The molecule has 8 heteroatoms. The number of fused-ring (bicyclic) bond motifs is 1. The van der Waals surface area contributed by atoms with E-state index in [0.717, 1.165) is 7.11 Å². The number of nitrogens with one attached hydrogen (secondary N) is 1. The summed E-state index contributed by atoms with van der Waals surface area (Å²) in [4.78, 5) is 20.2. The first-order valence-electron chi connectivity index (χ1n) is 5.07. The molecular formula is C11H8F3NO3S. The average molecular weight is 291 g/mol. The van der Waals surface area contributed by atoms with Gasteiger partial charge in [0.2, 0.25) is 0 Å². The van der Waals surface area contributed by atoms with Crippen LogP contribution in [0.3, 0.4) is 0 Å². The van der Waals surface area contributed by atoms with E-state index < -0.39 is 22.9 Å². The van der Waals surface area contributed by atoms with Crippen molar-refractivity contribution in [1.29, 1.82) is 0 Å². The maximum absolute atomic E-state index is 13.2. The molecule has 1 unspecified atom stereocenters. The molecule has 0 radical (unpaired) electrons. The van der Waals surface area contributed by atoms with Gasteiger partial charge in [-0.2, -0.15) is 13.2 Å². The molecule has 1 atom stereocenters. The largest absolute Gasteiger partial charge is 0.466 e. The molecule has 0 bridgehead atoms. The summed E-state index contributed by atoms with van der Waals surface area (Å²) in [6.07, 6.45) is -4.98. The van der Waals surface area contributed by atoms with Crippen LogP contribution in [0.1, 0.15) is 10.4 Å². The minimum atomic E-state index is -4.98. The summed E-state index contributed by atoms with van der Waals surface area (Å²) in [7, 11) is 0.836. The lowest BCUT2D eigenvalue weighted by Gasteiger charge is -2.36. The number of esters is 1. The van der Waals surface area contributed by atoms with E-state index in [1.165, 1.54) is 24.3 Å². The molecule has 1 aliphatic rings. The topological polar surface area (TPSA) is 55.4 Å². The van der Waals surface area contributed by atoms with E-state index in [-0.39, 0.29) is 22.2 Å². The van der Waals surface area contributed by atoms with Gasteiger partial charge >= 0.3 is 12.1 Å². The Labute approximate surface area is 110 Å². The third kappa shape index (κ3) is 2.05. The molecule has 102 valence electrons. The Morgan fingerprint density at radius 1 is 1.37 bits per heavy atom. The number of alkyl halides is 3. The molecule has 0 aliphatic carbocycles. The standard InChI is InChI=1S/C11H8F3NO3S/c1-18-9(17)10(11(12,13)14)15-8(16)6-4-2-3-5-7(6)19-10/h2-5H,1H3,(H,15,16). The average Bonchev–Trinajstić information content (AvgIpc) is 2.36. The van der Waals surface area contributed by atoms with Crippen molar-refractivity contribution in [3.8, 4) is 0 Å². The van der Waals surface area contributed by atoms with Gasteiger partial charge in [0.15, 0.2) is 0 Å². The third-order valence-corrected chi connectivity index (χ3v) is 3.94. The molecular weight excluding hydrogens is 283 g/mol. The maximum atomic E-state index is 13.2. The number of carbonyl (C=O) groups excluding carboxylic acids is 2. The van der Waals surface area contributed by atoms with Crippen LogP contribution in [0.25, 0.3) is 0 Å². The van der Waals surface area contributed by atoms with Gasteiger partial charge < -0.3 is 10.1 Å². The number of amides is 1. The fourth-order valence-electron chi connectivity index (χ4n) is 1.64. The van der Waals surface area contributed by atoms with E-state index in [1.54, 1.807) is 5.32 Å². The highest BCUT2D eigenvalue weighted by Gasteiger charge is 2.65. The predicted molar refractivity (Wildman–Crippen MR) is 60.6 cm³/mol. The summed E-state index contributed by atoms with van der Waals surface area (Å²) in [6.45, 7) is 0. The number of rotatable bonds is 1. The predicted octanol–water partition coefficient (Wildman–Crippen LogP) is 1.95. The maximum Gasteiger partial charge on any atom is 0.432 e. The van der Waals surface area contributed by atoms with Crippen molar-refractivity contribution < 1.29 is 27.5 Å². The summed E-state index contributed by atoms with van der Waals surface area (Å²) in [6, 6.07) is 5.75. The Morgan fingerprint density at radius 2 is 2.00 bits per heavy atom. The second-order valence-electron chi connectivity index (χ2n) is 3.72. The molecule has 0 fully saturated rings. The van der Waals surface area contributed by atoms with Crippen molar-refractivity contribution in [3.05, 3.63) is 29.8 Å². The monoisotopic (exact) mass is 291 g/mol. The smallest absolute Gasteiger partial charge is 0.432 e. The Balaban J connectivity index is 2.56. The minimum absolute atomic E-state index is 0.0778. The minimum Gasteiger partial charge on any atom is -0.466 e. The van der Waals surface area contributed by atoms with E-state index >= 15 is 0 Å². The number of methoxy groups -OCH3 is 1. The molecule has 0 saturated heterocycles. The van der Waals surface area contributed by atoms with Crippen molar-refractivity contribution in [3.63, 3.8) is 0 Å². The number of hydrogen-bond acceptors (Lipinski definition) is 4. The normalized spacial score (nSPS) is 22.4. The molecule has 1 aromatic rings. The quantitative estimate of drug-likeness (QED) is 0.804. The summed E-state index contributed by atoms with van der Waals surface area (Å²) in [5, 5.41) is 1.70. The molecule has 1 amide bonds. The van der Waals surface area contributed by atoms with Crippen molar-refractivity contribution in [2.75, 3.05) is 7.11 Å². The van der Waals surface area contributed by atoms with Gasteiger partial charge in [-0.1, -0.05) is 23.9 Å². The molecule has 19 heavy (non-hydrogen) atoms. The first-order valence-corrected chi connectivity index (χ1v) is 5.89. The highest BCUT2D eigenvalue weighted by Crippen LogP contribution is 2.47. The highest BCUT2D eigenvalue weighted by atomic mass is 32.2. The molecule has 1 aromatic carbocycles. The number of ether oxygens (including phenoxy) is 1. The van der Waals surface area contributed by atoms with Crippen LogP contribution in [0.15, 0.2) is 29.2 Å². The summed E-state index contributed by atoms with van der Waals surface area (Å²) < 4.78 is 43.7. The summed E-state index contributed by atoms with van der Waals surface area (Å²) in [5.41, 5.74) is 0.0938. The van der Waals surface area contributed by atoms with Gasteiger partial charge in [0.25, 0.3) is 10.8 Å². The zero-order chi connectivity index (χ0) is 14.3. The molecule has 0 aromatic heterocycles. The summed E-state index contributed by atoms with van der Waals surface area (Å²) in [5.74, 6) is -2.52. The fraction of sp³-hybridized carbons (Fsp3) is 0.273. The lowest BCUT2D eigenvalue weighted by atomic mass is 10.1. The van der Waals surface area contributed by atoms with Crippen LogP contribution >= 0.6 is 11.8 Å². The lowest BCUT2D eigenvalue weighted by molar-refractivity contribution is -0.188. The number of carbonyl (C=O) groups is 2. The Morgan fingerprint density at radius 3 is 2.58 bits per heavy atom. The van der Waals surface area contributed by atoms with Crippen LogP contribution in [0.2, 0.25) is 0 Å². The van der Waals surface area contributed by atoms with Gasteiger partial charge in [-0.05, 0) is 12.1 Å². The number of thioether (sulfide) groups is 1.